The zero-order valence-corrected chi connectivity index (χ0v) is 14.3. The molecule has 1 N–H and O–H groups in total. The molecule has 0 radical (unpaired) electrons. The van der Waals surface area contributed by atoms with Crippen LogP contribution in [0.15, 0.2) is 35.9 Å². The lowest BCUT2D eigenvalue weighted by atomic mass is 10.1. The molecule has 0 saturated carbocycles. The number of nitrogens with one attached hydrogen (secondary N) is 1. The minimum Gasteiger partial charge on any atom is -0.435 e. The fourth-order valence-corrected chi connectivity index (χ4v) is 2.43. The standard InChI is InChI=1S/C18H23F2NO4/c1-12(2)7-10-24-16-8-9-23-11-15(16)21-17(22)13-3-5-14(6-4-13)25-18(19)20/h3-7,15-16,18H,8-11H2,1-2H3,(H,21,22)/t15-,16+/m0/s1. The largest absolute Gasteiger partial charge is 0.435 e. The van der Waals surface area contributed by atoms with Gasteiger partial charge in [-0.05, 0) is 44.5 Å². The number of hydrogen-bond acceptors (Lipinski definition) is 4. The Balaban J connectivity index is 1.93. The summed E-state index contributed by atoms with van der Waals surface area (Å²) in [6, 6.07) is 5.29. The van der Waals surface area contributed by atoms with Crippen molar-refractivity contribution in [3.05, 3.63) is 41.5 Å². The molecule has 1 aromatic carbocycles. The number of allylic oxidation sites excluding steroid dienone is 1. The van der Waals surface area contributed by atoms with Crippen molar-refractivity contribution in [2.24, 2.45) is 0 Å². The van der Waals surface area contributed by atoms with Crippen molar-refractivity contribution in [1.82, 2.24) is 5.32 Å². The Morgan fingerprint density at radius 1 is 1.36 bits per heavy atom. The first-order chi connectivity index (χ1) is 12.0. The maximum absolute atomic E-state index is 12.4. The van der Waals surface area contributed by atoms with Crippen LogP contribution in [-0.2, 0) is 9.47 Å². The molecule has 1 aliphatic heterocycles. The SMILES string of the molecule is CC(C)=CCO[C@@H]1CCOC[C@@H]1NC(=O)c1ccc(OC(F)F)cc1. The van der Waals surface area contributed by atoms with Crippen molar-refractivity contribution in [3.63, 3.8) is 0 Å². The Morgan fingerprint density at radius 2 is 2.08 bits per heavy atom. The second-order valence-corrected chi connectivity index (χ2v) is 6.00. The van der Waals surface area contributed by atoms with Crippen LogP contribution in [0.1, 0.15) is 30.6 Å². The third-order valence-corrected chi connectivity index (χ3v) is 3.75. The second-order valence-electron chi connectivity index (χ2n) is 6.00. The van der Waals surface area contributed by atoms with Gasteiger partial charge < -0.3 is 19.5 Å². The molecule has 7 heteroatoms. The summed E-state index contributed by atoms with van der Waals surface area (Å²) in [5.74, 6) is -0.301. The minimum atomic E-state index is -2.89. The number of ether oxygens (including phenoxy) is 3. The van der Waals surface area contributed by atoms with E-state index in [1.165, 1.54) is 29.8 Å². The Hall–Kier alpha value is -1.99. The molecule has 0 aliphatic carbocycles. The van der Waals surface area contributed by atoms with Gasteiger partial charge in [-0.3, -0.25) is 4.79 Å². The summed E-state index contributed by atoms with van der Waals surface area (Å²) >= 11 is 0. The van der Waals surface area contributed by atoms with Crippen LogP contribution in [0.25, 0.3) is 0 Å². The molecule has 0 spiro atoms. The summed E-state index contributed by atoms with van der Waals surface area (Å²) in [4.78, 5) is 12.4. The predicted molar refractivity (Wildman–Crippen MR) is 88.9 cm³/mol. The lowest BCUT2D eigenvalue weighted by molar-refractivity contribution is -0.0498. The summed E-state index contributed by atoms with van der Waals surface area (Å²) in [5, 5.41) is 2.89. The molecule has 1 heterocycles. The third kappa shape index (κ3) is 6.43. The molecule has 5 nitrogen and oxygen atoms in total. The van der Waals surface area contributed by atoms with Crippen molar-refractivity contribution in [2.75, 3.05) is 19.8 Å². The molecule has 138 valence electrons. The van der Waals surface area contributed by atoms with Gasteiger partial charge in [0.15, 0.2) is 0 Å². The van der Waals surface area contributed by atoms with Crippen LogP contribution in [-0.4, -0.2) is 44.5 Å². The van der Waals surface area contributed by atoms with Gasteiger partial charge in [0.05, 0.1) is 25.4 Å². The van der Waals surface area contributed by atoms with E-state index < -0.39 is 6.61 Å². The summed E-state index contributed by atoms with van der Waals surface area (Å²) in [5.41, 5.74) is 1.52. The molecule has 1 aromatic rings. The van der Waals surface area contributed by atoms with E-state index in [1.54, 1.807) is 0 Å². The van der Waals surface area contributed by atoms with E-state index in [2.05, 4.69) is 10.1 Å². The monoisotopic (exact) mass is 355 g/mol. The normalized spacial score (nSPS) is 20.2. The molecule has 1 saturated heterocycles. The highest BCUT2D eigenvalue weighted by molar-refractivity contribution is 5.94. The Kier molecular flexibility index (Phi) is 7.33. The van der Waals surface area contributed by atoms with Gasteiger partial charge in [-0.15, -0.1) is 0 Å². The highest BCUT2D eigenvalue weighted by Gasteiger charge is 2.28. The maximum Gasteiger partial charge on any atom is 0.387 e. The lowest BCUT2D eigenvalue weighted by Crippen LogP contribution is -2.50. The Labute approximate surface area is 145 Å². The predicted octanol–water partition coefficient (Wildman–Crippen LogP) is 3.16. The number of carbonyl (C=O) groups is 1. The molecule has 0 aromatic heterocycles. The van der Waals surface area contributed by atoms with Crippen LogP contribution in [0.3, 0.4) is 0 Å². The second kappa shape index (κ2) is 9.48. The number of amides is 1. The van der Waals surface area contributed by atoms with E-state index in [9.17, 15) is 13.6 Å². The number of benzene rings is 1. The zero-order valence-electron chi connectivity index (χ0n) is 14.3. The highest BCUT2D eigenvalue weighted by Crippen LogP contribution is 2.16. The molecule has 0 bridgehead atoms. The van der Waals surface area contributed by atoms with E-state index in [0.29, 0.717) is 31.8 Å². The zero-order chi connectivity index (χ0) is 18.2. The molecule has 2 rings (SSSR count). The van der Waals surface area contributed by atoms with Gasteiger partial charge in [-0.1, -0.05) is 11.6 Å². The number of rotatable bonds is 7. The van der Waals surface area contributed by atoms with Crippen molar-refractivity contribution in [2.45, 2.75) is 39.0 Å². The summed E-state index contributed by atoms with van der Waals surface area (Å²) in [7, 11) is 0. The number of hydrogen-bond donors (Lipinski definition) is 1. The molecule has 1 amide bonds. The quantitative estimate of drug-likeness (QED) is 0.764. The van der Waals surface area contributed by atoms with Gasteiger partial charge in [-0.2, -0.15) is 8.78 Å². The minimum absolute atomic E-state index is 0.00971. The fraction of sp³-hybridized carbons (Fsp3) is 0.500. The topological polar surface area (TPSA) is 56.8 Å². The number of alkyl halides is 2. The van der Waals surface area contributed by atoms with Crippen molar-refractivity contribution < 1.29 is 27.8 Å². The number of halogens is 2. The van der Waals surface area contributed by atoms with Crippen LogP contribution >= 0.6 is 0 Å². The van der Waals surface area contributed by atoms with Gasteiger partial charge in [-0.25, -0.2) is 0 Å². The van der Waals surface area contributed by atoms with Crippen LogP contribution in [0.5, 0.6) is 5.75 Å². The first-order valence-electron chi connectivity index (χ1n) is 8.14. The first-order valence-corrected chi connectivity index (χ1v) is 8.14. The molecule has 1 aliphatic rings. The van der Waals surface area contributed by atoms with Crippen molar-refractivity contribution in [1.29, 1.82) is 0 Å². The molecular weight excluding hydrogens is 332 g/mol. The van der Waals surface area contributed by atoms with Crippen LogP contribution in [0.2, 0.25) is 0 Å². The van der Waals surface area contributed by atoms with E-state index in [-0.39, 0.29) is 23.8 Å². The van der Waals surface area contributed by atoms with Crippen LogP contribution in [0.4, 0.5) is 8.78 Å². The fourth-order valence-electron chi connectivity index (χ4n) is 2.43. The van der Waals surface area contributed by atoms with Crippen molar-refractivity contribution >= 4 is 5.91 Å². The number of carbonyl (C=O) groups excluding carboxylic acids is 1. The van der Waals surface area contributed by atoms with E-state index in [0.717, 1.165) is 0 Å². The van der Waals surface area contributed by atoms with Gasteiger partial charge in [0.2, 0.25) is 0 Å². The van der Waals surface area contributed by atoms with Crippen molar-refractivity contribution in [3.8, 4) is 5.75 Å². The first kappa shape index (κ1) is 19.3. The molecular formula is C18H23F2NO4. The lowest BCUT2D eigenvalue weighted by Gasteiger charge is -2.31. The maximum atomic E-state index is 12.4. The van der Waals surface area contributed by atoms with E-state index >= 15 is 0 Å². The summed E-state index contributed by atoms with van der Waals surface area (Å²) in [6.07, 6.45) is 2.55. The van der Waals surface area contributed by atoms with Crippen LogP contribution < -0.4 is 10.1 Å². The van der Waals surface area contributed by atoms with Gasteiger partial charge >= 0.3 is 6.61 Å². The molecule has 25 heavy (non-hydrogen) atoms. The Bertz CT molecular complexity index is 585. The molecule has 0 unspecified atom stereocenters. The van der Waals surface area contributed by atoms with E-state index in [4.69, 9.17) is 9.47 Å². The van der Waals surface area contributed by atoms with Gasteiger partial charge in [0.25, 0.3) is 5.91 Å². The highest BCUT2D eigenvalue weighted by atomic mass is 19.3. The van der Waals surface area contributed by atoms with Gasteiger partial charge in [0, 0.05) is 12.2 Å². The molecule has 2 atom stereocenters. The smallest absolute Gasteiger partial charge is 0.387 e. The Morgan fingerprint density at radius 3 is 2.72 bits per heavy atom. The summed E-state index contributed by atoms with van der Waals surface area (Å²) < 4.78 is 39.8. The van der Waals surface area contributed by atoms with Gasteiger partial charge in [0.1, 0.15) is 5.75 Å². The van der Waals surface area contributed by atoms with E-state index in [1.807, 2.05) is 19.9 Å². The average Bonchev–Trinajstić information content (AvgIpc) is 2.56. The third-order valence-electron chi connectivity index (χ3n) is 3.75. The van der Waals surface area contributed by atoms with Crippen LogP contribution in [0, 0.1) is 0 Å². The average molecular weight is 355 g/mol. The molecule has 1 fully saturated rings. The summed E-state index contributed by atoms with van der Waals surface area (Å²) in [6.45, 7) is 2.54.